The van der Waals surface area contributed by atoms with E-state index in [4.69, 9.17) is 4.74 Å². The van der Waals surface area contributed by atoms with Gasteiger partial charge in [-0.05, 0) is 34.7 Å². The average Bonchev–Trinajstić information content (AvgIpc) is 2.70. The molecular formula is C24H25NO2. The standard InChI is InChI=1S/C24H25NO2/c1-19-7-5-6-10-23(19)15-24(26)25-16-20-11-13-22(14-12-20)18-27-17-21-8-3-2-4-9-21/h2-14H,15-18H2,1H3,(H,25,26). The van der Waals surface area contributed by atoms with Crippen molar-refractivity contribution >= 4 is 5.91 Å². The Balaban J connectivity index is 1.42. The molecule has 0 radical (unpaired) electrons. The molecular weight excluding hydrogens is 334 g/mol. The molecule has 27 heavy (non-hydrogen) atoms. The summed E-state index contributed by atoms with van der Waals surface area (Å²) in [6.45, 7) is 3.75. The molecule has 3 aromatic rings. The highest BCUT2D eigenvalue weighted by Crippen LogP contribution is 2.10. The maximum Gasteiger partial charge on any atom is 0.224 e. The lowest BCUT2D eigenvalue weighted by molar-refractivity contribution is -0.120. The molecule has 0 bridgehead atoms. The molecule has 0 aromatic heterocycles. The van der Waals surface area contributed by atoms with Gasteiger partial charge in [-0.1, -0.05) is 78.9 Å². The summed E-state index contributed by atoms with van der Waals surface area (Å²) < 4.78 is 5.75. The SMILES string of the molecule is Cc1ccccc1CC(=O)NCc1ccc(COCc2ccccc2)cc1. The number of hydrogen-bond acceptors (Lipinski definition) is 2. The van der Waals surface area contributed by atoms with Gasteiger partial charge in [0.15, 0.2) is 0 Å². The summed E-state index contributed by atoms with van der Waals surface area (Å²) in [5.74, 6) is 0.0413. The Kier molecular flexibility index (Phi) is 6.78. The molecule has 138 valence electrons. The zero-order chi connectivity index (χ0) is 18.9. The van der Waals surface area contributed by atoms with E-state index >= 15 is 0 Å². The quantitative estimate of drug-likeness (QED) is 0.640. The second-order valence-corrected chi connectivity index (χ2v) is 6.67. The summed E-state index contributed by atoms with van der Waals surface area (Å²) in [4.78, 5) is 12.1. The number of benzene rings is 3. The number of carbonyl (C=O) groups excluding carboxylic acids is 1. The predicted octanol–water partition coefficient (Wildman–Crippen LogP) is 4.57. The fourth-order valence-corrected chi connectivity index (χ4v) is 2.86. The fourth-order valence-electron chi connectivity index (χ4n) is 2.86. The van der Waals surface area contributed by atoms with Crippen LogP contribution in [0.4, 0.5) is 0 Å². The number of aryl methyl sites for hydroxylation is 1. The van der Waals surface area contributed by atoms with Crippen molar-refractivity contribution < 1.29 is 9.53 Å². The first-order valence-corrected chi connectivity index (χ1v) is 9.21. The summed E-state index contributed by atoms with van der Waals surface area (Å²) in [6.07, 6.45) is 0.415. The highest BCUT2D eigenvalue weighted by molar-refractivity contribution is 5.78. The largest absolute Gasteiger partial charge is 0.372 e. The number of amides is 1. The Morgan fingerprint density at radius 2 is 1.37 bits per heavy atom. The van der Waals surface area contributed by atoms with Crippen LogP contribution >= 0.6 is 0 Å². The van der Waals surface area contributed by atoms with E-state index in [0.29, 0.717) is 26.2 Å². The number of nitrogens with one attached hydrogen (secondary N) is 1. The third kappa shape index (κ3) is 6.08. The maximum absolute atomic E-state index is 12.1. The molecule has 0 atom stereocenters. The van der Waals surface area contributed by atoms with Gasteiger partial charge >= 0.3 is 0 Å². The lowest BCUT2D eigenvalue weighted by Crippen LogP contribution is -2.24. The molecule has 0 saturated heterocycles. The van der Waals surface area contributed by atoms with Crippen LogP contribution < -0.4 is 5.32 Å². The molecule has 3 aromatic carbocycles. The zero-order valence-corrected chi connectivity index (χ0v) is 15.7. The smallest absolute Gasteiger partial charge is 0.224 e. The van der Waals surface area contributed by atoms with Gasteiger partial charge in [0.05, 0.1) is 19.6 Å². The second-order valence-electron chi connectivity index (χ2n) is 6.67. The van der Waals surface area contributed by atoms with Gasteiger partial charge in [-0.2, -0.15) is 0 Å². The van der Waals surface area contributed by atoms with Gasteiger partial charge in [0.25, 0.3) is 0 Å². The normalized spacial score (nSPS) is 10.6. The van der Waals surface area contributed by atoms with Crippen molar-refractivity contribution in [2.75, 3.05) is 0 Å². The third-order valence-corrected chi connectivity index (χ3v) is 4.51. The summed E-state index contributed by atoms with van der Waals surface area (Å²) in [5, 5.41) is 2.99. The van der Waals surface area contributed by atoms with Crippen LogP contribution in [0, 0.1) is 6.92 Å². The first-order valence-electron chi connectivity index (χ1n) is 9.21. The molecule has 3 rings (SSSR count). The molecule has 0 fully saturated rings. The highest BCUT2D eigenvalue weighted by atomic mass is 16.5. The zero-order valence-electron chi connectivity index (χ0n) is 15.7. The molecule has 0 spiro atoms. The third-order valence-electron chi connectivity index (χ3n) is 4.51. The van der Waals surface area contributed by atoms with E-state index in [1.165, 1.54) is 5.56 Å². The molecule has 0 heterocycles. The Bertz CT molecular complexity index is 857. The molecule has 0 aliphatic carbocycles. The van der Waals surface area contributed by atoms with Gasteiger partial charge in [-0.3, -0.25) is 4.79 Å². The highest BCUT2D eigenvalue weighted by Gasteiger charge is 2.05. The summed E-state index contributed by atoms with van der Waals surface area (Å²) in [5.41, 5.74) is 5.60. The fraction of sp³-hybridized carbons (Fsp3) is 0.208. The predicted molar refractivity (Wildman–Crippen MR) is 108 cm³/mol. The van der Waals surface area contributed by atoms with Gasteiger partial charge < -0.3 is 10.1 Å². The van der Waals surface area contributed by atoms with Crippen molar-refractivity contribution in [2.45, 2.75) is 33.1 Å². The van der Waals surface area contributed by atoms with E-state index < -0.39 is 0 Å². The van der Waals surface area contributed by atoms with Gasteiger partial charge in [0, 0.05) is 6.54 Å². The monoisotopic (exact) mass is 359 g/mol. The molecule has 0 unspecified atom stereocenters. The molecule has 3 nitrogen and oxygen atoms in total. The van der Waals surface area contributed by atoms with Crippen LogP contribution in [0.15, 0.2) is 78.9 Å². The summed E-state index contributed by atoms with van der Waals surface area (Å²) in [7, 11) is 0. The van der Waals surface area contributed by atoms with E-state index in [9.17, 15) is 4.79 Å². The van der Waals surface area contributed by atoms with E-state index in [2.05, 4.69) is 17.4 Å². The van der Waals surface area contributed by atoms with Crippen LogP contribution in [-0.4, -0.2) is 5.91 Å². The molecule has 3 heteroatoms. The van der Waals surface area contributed by atoms with Crippen molar-refractivity contribution in [3.05, 3.63) is 107 Å². The Morgan fingerprint density at radius 1 is 0.778 bits per heavy atom. The number of carbonyl (C=O) groups is 1. The van der Waals surface area contributed by atoms with Gasteiger partial charge in [-0.15, -0.1) is 0 Å². The van der Waals surface area contributed by atoms with Crippen molar-refractivity contribution in [1.29, 1.82) is 0 Å². The first kappa shape index (κ1) is 18.9. The van der Waals surface area contributed by atoms with Gasteiger partial charge in [0.2, 0.25) is 5.91 Å². The topological polar surface area (TPSA) is 38.3 Å². The van der Waals surface area contributed by atoms with Crippen molar-refractivity contribution in [3.63, 3.8) is 0 Å². The lowest BCUT2D eigenvalue weighted by atomic mass is 10.1. The average molecular weight is 359 g/mol. The molecule has 1 N–H and O–H groups in total. The minimum absolute atomic E-state index is 0.0413. The van der Waals surface area contributed by atoms with E-state index in [1.54, 1.807) is 0 Å². The summed E-state index contributed by atoms with van der Waals surface area (Å²) in [6, 6.07) is 26.3. The van der Waals surface area contributed by atoms with Crippen LogP contribution in [-0.2, 0) is 35.7 Å². The molecule has 1 amide bonds. The minimum Gasteiger partial charge on any atom is -0.372 e. The van der Waals surface area contributed by atoms with Crippen LogP contribution in [0.25, 0.3) is 0 Å². The Hall–Kier alpha value is -2.91. The lowest BCUT2D eigenvalue weighted by Gasteiger charge is -2.09. The van der Waals surface area contributed by atoms with E-state index in [-0.39, 0.29) is 5.91 Å². The Labute approximate surface area is 161 Å². The minimum atomic E-state index is 0.0413. The van der Waals surface area contributed by atoms with Crippen molar-refractivity contribution in [1.82, 2.24) is 5.32 Å². The van der Waals surface area contributed by atoms with Crippen LogP contribution in [0.3, 0.4) is 0 Å². The van der Waals surface area contributed by atoms with Crippen molar-refractivity contribution in [2.24, 2.45) is 0 Å². The molecule has 0 saturated carbocycles. The van der Waals surface area contributed by atoms with Crippen LogP contribution in [0.2, 0.25) is 0 Å². The molecule has 0 aliphatic rings. The van der Waals surface area contributed by atoms with Crippen LogP contribution in [0.5, 0.6) is 0 Å². The van der Waals surface area contributed by atoms with Crippen LogP contribution in [0.1, 0.15) is 27.8 Å². The Morgan fingerprint density at radius 3 is 2.07 bits per heavy atom. The van der Waals surface area contributed by atoms with Gasteiger partial charge in [-0.25, -0.2) is 0 Å². The van der Waals surface area contributed by atoms with Crippen molar-refractivity contribution in [3.8, 4) is 0 Å². The first-order chi connectivity index (χ1) is 13.2. The summed E-state index contributed by atoms with van der Waals surface area (Å²) >= 11 is 0. The van der Waals surface area contributed by atoms with E-state index in [0.717, 1.165) is 22.3 Å². The number of hydrogen-bond donors (Lipinski definition) is 1. The van der Waals surface area contributed by atoms with E-state index in [1.807, 2.05) is 73.7 Å². The number of ether oxygens (including phenoxy) is 1. The maximum atomic E-state index is 12.1. The second kappa shape index (κ2) is 9.70. The number of rotatable bonds is 8. The molecule has 0 aliphatic heterocycles. The van der Waals surface area contributed by atoms with Gasteiger partial charge in [0.1, 0.15) is 0 Å².